The molecule has 2 aliphatic heterocycles. The van der Waals surface area contributed by atoms with Gasteiger partial charge in [0.2, 0.25) is 11.8 Å². The summed E-state index contributed by atoms with van der Waals surface area (Å²) in [4.78, 5) is 30.2. The van der Waals surface area contributed by atoms with Crippen LogP contribution in [0.3, 0.4) is 0 Å². The Balaban J connectivity index is 1.07. The number of aromatic nitrogens is 5. The van der Waals surface area contributed by atoms with Crippen molar-refractivity contribution in [2.75, 3.05) is 5.32 Å². The summed E-state index contributed by atoms with van der Waals surface area (Å²) >= 11 is 3.16. The van der Waals surface area contributed by atoms with Gasteiger partial charge in [-0.3, -0.25) is 4.79 Å². The molecule has 6 rings (SSSR count). The van der Waals surface area contributed by atoms with Gasteiger partial charge in [-0.2, -0.15) is 0 Å². The molecule has 4 aromatic rings. The van der Waals surface area contributed by atoms with E-state index in [2.05, 4.69) is 30.5 Å². The fraction of sp³-hybridized carbons (Fsp3) is 0.440. The Morgan fingerprint density at radius 3 is 2.62 bits per heavy atom. The van der Waals surface area contributed by atoms with Crippen LogP contribution in [0.25, 0.3) is 10.6 Å². The van der Waals surface area contributed by atoms with Crippen LogP contribution in [0.5, 0.6) is 0 Å². The third-order valence-corrected chi connectivity index (χ3v) is 8.67. The summed E-state index contributed by atoms with van der Waals surface area (Å²) in [7, 11) is 0. The number of ether oxygens (including phenoxy) is 1. The molecule has 1 N–H and O–H groups in total. The predicted molar refractivity (Wildman–Crippen MR) is 140 cm³/mol. The SMILES string of the molecule is Cc1nnc(COC2C[C@H]3CC[C@@H](C2)N3C(=O)c2ccc(Nc3nc(-c4sc(C)nc4C)cs3)nc2)o1. The number of thiazole rings is 2. The molecule has 12 heteroatoms. The van der Waals surface area contributed by atoms with Crippen molar-refractivity contribution < 1.29 is 13.9 Å². The highest BCUT2D eigenvalue weighted by Crippen LogP contribution is 2.38. The standard InChI is InChI=1S/C25H27N7O3S2/c1-13-23(37-15(3)27-13)20-12-36-25(28-20)29-21-7-4-16(10-26-21)24(33)32-17-5-6-18(32)9-19(8-17)34-11-22-31-30-14(2)35-22/h4,7,10,12,17-19H,5-6,8-9,11H2,1-3H3,(H,26,28,29)/t17-,18+,19?. The highest BCUT2D eigenvalue weighted by atomic mass is 32.1. The quantitative estimate of drug-likeness (QED) is 0.345. The molecule has 2 fully saturated rings. The number of rotatable bonds is 7. The van der Waals surface area contributed by atoms with Crippen LogP contribution in [0.2, 0.25) is 0 Å². The van der Waals surface area contributed by atoms with Crippen LogP contribution in [-0.4, -0.2) is 54.1 Å². The van der Waals surface area contributed by atoms with Crippen LogP contribution in [-0.2, 0) is 11.3 Å². The van der Waals surface area contributed by atoms with Crippen LogP contribution in [0.4, 0.5) is 10.9 Å². The fourth-order valence-corrected chi connectivity index (χ4v) is 6.90. The van der Waals surface area contributed by atoms with Gasteiger partial charge in [0.25, 0.3) is 5.91 Å². The van der Waals surface area contributed by atoms with Crippen LogP contribution < -0.4 is 5.32 Å². The van der Waals surface area contributed by atoms with E-state index < -0.39 is 0 Å². The summed E-state index contributed by atoms with van der Waals surface area (Å²) < 4.78 is 11.5. The smallest absolute Gasteiger partial charge is 0.255 e. The van der Waals surface area contributed by atoms with Crippen molar-refractivity contribution in [3.05, 3.63) is 51.8 Å². The van der Waals surface area contributed by atoms with Crippen molar-refractivity contribution in [1.29, 1.82) is 0 Å². The first-order valence-electron chi connectivity index (χ1n) is 12.3. The number of pyridine rings is 1. The molecule has 0 saturated carbocycles. The topological polar surface area (TPSA) is 119 Å². The van der Waals surface area contributed by atoms with E-state index in [0.717, 1.165) is 52.1 Å². The summed E-state index contributed by atoms with van der Waals surface area (Å²) in [6, 6.07) is 4.01. The number of carbonyl (C=O) groups excluding carboxylic acids is 1. The zero-order valence-corrected chi connectivity index (χ0v) is 22.4. The van der Waals surface area contributed by atoms with E-state index in [0.29, 0.717) is 29.8 Å². The predicted octanol–water partition coefficient (Wildman–Crippen LogP) is 5.07. The lowest BCUT2D eigenvalue weighted by Gasteiger charge is -2.38. The van der Waals surface area contributed by atoms with Gasteiger partial charge in [-0.25, -0.2) is 15.0 Å². The minimum atomic E-state index is 0.0325. The van der Waals surface area contributed by atoms with Crippen LogP contribution in [0, 0.1) is 20.8 Å². The van der Waals surface area contributed by atoms with Crippen molar-refractivity contribution >= 4 is 39.5 Å². The average Bonchev–Trinajstić information content (AvgIpc) is 3.65. The molecule has 37 heavy (non-hydrogen) atoms. The van der Waals surface area contributed by atoms with E-state index in [-0.39, 0.29) is 24.1 Å². The highest BCUT2D eigenvalue weighted by molar-refractivity contribution is 7.16. The lowest BCUT2D eigenvalue weighted by molar-refractivity contribution is -0.0287. The maximum absolute atomic E-state index is 13.4. The van der Waals surface area contributed by atoms with E-state index in [1.54, 1.807) is 24.5 Å². The molecule has 192 valence electrons. The van der Waals surface area contributed by atoms with Gasteiger partial charge in [-0.1, -0.05) is 0 Å². The van der Waals surface area contributed by atoms with Crippen molar-refractivity contribution in [1.82, 2.24) is 30.0 Å². The maximum Gasteiger partial charge on any atom is 0.255 e. The number of carbonyl (C=O) groups is 1. The minimum Gasteiger partial charge on any atom is -0.423 e. The highest BCUT2D eigenvalue weighted by Gasteiger charge is 2.44. The Bertz CT molecular complexity index is 1400. The second kappa shape index (κ2) is 9.92. The number of anilines is 2. The Kier molecular flexibility index (Phi) is 6.47. The fourth-order valence-electron chi connectivity index (χ4n) is 5.24. The van der Waals surface area contributed by atoms with Crippen molar-refractivity contribution in [2.24, 2.45) is 0 Å². The van der Waals surface area contributed by atoms with E-state index in [1.807, 2.05) is 36.3 Å². The number of nitrogens with zero attached hydrogens (tertiary/aromatic N) is 6. The molecule has 3 atom stereocenters. The molecule has 1 unspecified atom stereocenters. The summed E-state index contributed by atoms with van der Waals surface area (Å²) in [6.07, 6.45) is 5.35. The molecule has 6 heterocycles. The van der Waals surface area contributed by atoms with E-state index >= 15 is 0 Å². The van der Waals surface area contributed by atoms with E-state index in [4.69, 9.17) is 9.15 Å². The van der Waals surface area contributed by atoms with Crippen molar-refractivity contribution in [2.45, 2.75) is 71.2 Å². The van der Waals surface area contributed by atoms with Gasteiger partial charge in [-0.15, -0.1) is 32.9 Å². The molecule has 2 saturated heterocycles. The zero-order valence-electron chi connectivity index (χ0n) is 20.8. The number of fused-ring (bicyclic) bond motifs is 2. The molecule has 0 radical (unpaired) electrons. The summed E-state index contributed by atoms with van der Waals surface area (Å²) in [5, 5.41) is 14.9. The molecule has 1 amide bonds. The van der Waals surface area contributed by atoms with Crippen LogP contribution >= 0.6 is 22.7 Å². The van der Waals surface area contributed by atoms with Crippen molar-refractivity contribution in [3.8, 4) is 10.6 Å². The van der Waals surface area contributed by atoms with Gasteiger partial charge in [0.15, 0.2) is 5.13 Å². The van der Waals surface area contributed by atoms with Crippen LogP contribution in [0.15, 0.2) is 28.1 Å². The Labute approximate surface area is 222 Å². The van der Waals surface area contributed by atoms with Gasteiger partial charge in [0, 0.05) is 30.6 Å². The second-order valence-electron chi connectivity index (χ2n) is 9.46. The molecule has 2 aliphatic rings. The number of piperidine rings is 1. The zero-order chi connectivity index (χ0) is 25.5. The number of nitrogens with one attached hydrogen (secondary N) is 1. The Morgan fingerprint density at radius 1 is 1.16 bits per heavy atom. The van der Waals surface area contributed by atoms with Crippen LogP contribution in [0.1, 0.15) is 58.5 Å². The molecule has 2 bridgehead atoms. The number of amides is 1. The molecular weight excluding hydrogens is 510 g/mol. The number of hydrogen-bond acceptors (Lipinski definition) is 11. The van der Waals surface area contributed by atoms with E-state index in [9.17, 15) is 4.79 Å². The molecular formula is C25H27N7O3S2. The third-order valence-electron chi connectivity index (χ3n) is 6.82. The second-order valence-corrected chi connectivity index (χ2v) is 11.5. The first-order valence-corrected chi connectivity index (χ1v) is 14.0. The molecule has 4 aromatic heterocycles. The normalized spacial score (nSPS) is 20.9. The van der Waals surface area contributed by atoms with Gasteiger partial charge in [0.05, 0.1) is 32.9 Å². The van der Waals surface area contributed by atoms with E-state index in [1.165, 1.54) is 11.3 Å². The summed E-state index contributed by atoms with van der Waals surface area (Å²) in [5.74, 6) is 1.71. The lowest BCUT2D eigenvalue weighted by atomic mass is 9.98. The third kappa shape index (κ3) is 5.00. The summed E-state index contributed by atoms with van der Waals surface area (Å²) in [5.41, 5.74) is 2.50. The van der Waals surface area contributed by atoms with Gasteiger partial charge >= 0.3 is 0 Å². The molecule has 0 aromatic carbocycles. The van der Waals surface area contributed by atoms with Gasteiger partial charge in [-0.05, 0) is 51.7 Å². The monoisotopic (exact) mass is 537 g/mol. The number of aryl methyl sites for hydroxylation is 3. The first kappa shape index (κ1) is 24.1. The van der Waals surface area contributed by atoms with Gasteiger partial charge in [0.1, 0.15) is 12.4 Å². The lowest BCUT2D eigenvalue weighted by Crippen LogP contribution is -2.48. The Morgan fingerprint density at radius 2 is 1.97 bits per heavy atom. The molecule has 0 spiro atoms. The number of hydrogen-bond donors (Lipinski definition) is 1. The van der Waals surface area contributed by atoms with Crippen molar-refractivity contribution in [3.63, 3.8) is 0 Å². The first-order chi connectivity index (χ1) is 17.9. The van der Waals surface area contributed by atoms with Gasteiger partial charge < -0.3 is 19.4 Å². The largest absolute Gasteiger partial charge is 0.423 e. The minimum absolute atomic E-state index is 0.0325. The molecule has 0 aliphatic carbocycles. The molecule has 10 nitrogen and oxygen atoms in total. The Hall–Kier alpha value is -3.22. The average molecular weight is 538 g/mol. The summed E-state index contributed by atoms with van der Waals surface area (Å²) in [6.45, 7) is 6.07. The maximum atomic E-state index is 13.4.